The summed E-state index contributed by atoms with van der Waals surface area (Å²) in [6.45, 7) is 4.70. The molecular formula is C22H34O4. The van der Waals surface area contributed by atoms with E-state index in [0.717, 1.165) is 51.4 Å². The van der Waals surface area contributed by atoms with Crippen LogP contribution in [0, 0.1) is 28.6 Å². The highest BCUT2D eigenvalue weighted by molar-refractivity contribution is 5.80. The number of rotatable bonds is 0. The lowest BCUT2D eigenvalue weighted by atomic mass is 9.43. The number of carbonyl (C=O) groups excluding carboxylic acids is 1. The molecule has 0 aromatic carbocycles. The first kappa shape index (κ1) is 17.6. The van der Waals surface area contributed by atoms with Crippen LogP contribution in [0.5, 0.6) is 0 Å². The first-order valence-electron chi connectivity index (χ1n) is 10.8. The topological polar surface area (TPSA) is 66.8 Å². The lowest BCUT2D eigenvalue weighted by Crippen LogP contribution is -2.63. The molecule has 2 N–H and O–H groups in total. The zero-order valence-electron chi connectivity index (χ0n) is 16.3. The van der Waals surface area contributed by atoms with Crippen LogP contribution in [0.3, 0.4) is 0 Å². The summed E-state index contributed by atoms with van der Waals surface area (Å²) >= 11 is 0. The summed E-state index contributed by atoms with van der Waals surface area (Å²) in [6.07, 6.45) is 9.40. The molecule has 0 unspecified atom stereocenters. The Bertz CT molecular complexity index is 634. The van der Waals surface area contributed by atoms with E-state index in [0.29, 0.717) is 30.6 Å². The van der Waals surface area contributed by atoms with Crippen LogP contribution in [0.1, 0.15) is 84.5 Å². The Labute approximate surface area is 156 Å². The van der Waals surface area contributed by atoms with E-state index < -0.39 is 11.9 Å². The minimum absolute atomic E-state index is 0.114. The number of Topliss-reactive ketones (excluding diaryl/α,β-unsaturated/α-hetero) is 1. The SMILES string of the molecule is C[C@]12CC[C@H]3[C@@H](CC[C@]4(O)CC(=O)CC[C@]34C)[C@@H]1CC[C@@]21CC[C@@H](O)O1. The molecule has 5 rings (SSSR count). The molecular weight excluding hydrogens is 328 g/mol. The Balaban J connectivity index is 1.47. The molecule has 0 bridgehead atoms. The van der Waals surface area contributed by atoms with Crippen molar-refractivity contribution in [2.75, 3.05) is 0 Å². The van der Waals surface area contributed by atoms with Gasteiger partial charge in [0.2, 0.25) is 0 Å². The zero-order valence-corrected chi connectivity index (χ0v) is 16.3. The molecule has 1 spiro atoms. The Morgan fingerprint density at radius 1 is 0.923 bits per heavy atom. The maximum Gasteiger partial charge on any atom is 0.155 e. The summed E-state index contributed by atoms with van der Waals surface area (Å²) in [6, 6.07) is 0. The summed E-state index contributed by atoms with van der Waals surface area (Å²) in [7, 11) is 0. The van der Waals surface area contributed by atoms with Crippen LogP contribution in [0.25, 0.3) is 0 Å². The molecule has 4 heteroatoms. The first-order chi connectivity index (χ1) is 12.2. The Hall–Kier alpha value is -0.450. The number of aliphatic hydroxyl groups is 2. The van der Waals surface area contributed by atoms with Crippen molar-refractivity contribution in [1.82, 2.24) is 0 Å². The summed E-state index contributed by atoms with van der Waals surface area (Å²) in [4.78, 5) is 12.1. The van der Waals surface area contributed by atoms with E-state index in [1.165, 1.54) is 6.42 Å². The summed E-state index contributed by atoms with van der Waals surface area (Å²) < 4.78 is 6.19. The van der Waals surface area contributed by atoms with Crippen LogP contribution < -0.4 is 0 Å². The number of hydrogen-bond donors (Lipinski definition) is 2. The lowest BCUT2D eigenvalue weighted by Gasteiger charge is -2.63. The van der Waals surface area contributed by atoms with Crippen LogP contribution in [0.4, 0.5) is 0 Å². The van der Waals surface area contributed by atoms with E-state index in [9.17, 15) is 15.0 Å². The zero-order chi connectivity index (χ0) is 18.4. The first-order valence-corrected chi connectivity index (χ1v) is 10.8. The fraction of sp³-hybridized carbons (Fsp3) is 0.955. The minimum atomic E-state index is -0.784. The number of hydrogen-bond acceptors (Lipinski definition) is 4. The highest BCUT2D eigenvalue weighted by Crippen LogP contribution is 2.70. The van der Waals surface area contributed by atoms with Crippen molar-refractivity contribution >= 4 is 5.78 Å². The molecule has 0 aromatic rings. The smallest absolute Gasteiger partial charge is 0.155 e. The van der Waals surface area contributed by atoms with Gasteiger partial charge in [0.05, 0.1) is 11.2 Å². The molecule has 146 valence electrons. The molecule has 0 aromatic heterocycles. The lowest BCUT2D eigenvalue weighted by molar-refractivity contribution is -0.225. The van der Waals surface area contributed by atoms with E-state index in [4.69, 9.17) is 4.74 Å². The second-order valence-electron chi connectivity index (χ2n) is 10.7. The number of ether oxygens (including phenoxy) is 1. The van der Waals surface area contributed by atoms with Crippen LogP contribution in [0.15, 0.2) is 0 Å². The van der Waals surface area contributed by atoms with Gasteiger partial charge in [0.15, 0.2) is 6.29 Å². The third-order valence-corrected chi connectivity index (χ3v) is 10.1. The Kier molecular flexibility index (Phi) is 3.61. The van der Waals surface area contributed by atoms with E-state index in [1.807, 2.05) is 0 Å². The highest BCUT2D eigenvalue weighted by Gasteiger charge is 2.68. The molecule has 4 saturated carbocycles. The molecule has 5 fully saturated rings. The molecule has 0 amide bonds. The van der Waals surface area contributed by atoms with Gasteiger partial charge in [-0.3, -0.25) is 4.79 Å². The predicted molar refractivity (Wildman–Crippen MR) is 97.3 cm³/mol. The van der Waals surface area contributed by atoms with Gasteiger partial charge in [0.1, 0.15) is 5.78 Å². The third kappa shape index (κ3) is 1.99. The summed E-state index contributed by atoms with van der Waals surface area (Å²) in [5.74, 6) is 2.03. The third-order valence-electron chi connectivity index (χ3n) is 10.1. The van der Waals surface area contributed by atoms with Crippen LogP contribution >= 0.6 is 0 Å². The van der Waals surface area contributed by atoms with Crippen LogP contribution in [0.2, 0.25) is 0 Å². The maximum absolute atomic E-state index is 12.1. The minimum Gasteiger partial charge on any atom is -0.389 e. The van der Waals surface area contributed by atoms with Crippen molar-refractivity contribution in [2.24, 2.45) is 28.6 Å². The molecule has 0 radical (unpaired) electrons. The number of ketones is 1. The van der Waals surface area contributed by atoms with Crippen molar-refractivity contribution in [1.29, 1.82) is 0 Å². The monoisotopic (exact) mass is 362 g/mol. The van der Waals surface area contributed by atoms with Gasteiger partial charge in [0, 0.05) is 24.7 Å². The molecule has 1 saturated heterocycles. The van der Waals surface area contributed by atoms with E-state index in [2.05, 4.69) is 13.8 Å². The van der Waals surface area contributed by atoms with Gasteiger partial charge in [-0.1, -0.05) is 13.8 Å². The van der Waals surface area contributed by atoms with Gasteiger partial charge in [-0.05, 0) is 74.5 Å². The van der Waals surface area contributed by atoms with Crippen molar-refractivity contribution in [3.63, 3.8) is 0 Å². The van der Waals surface area contributed by atoms with Crippen LogP contribution in [-0.2, 0) is 9.53 Å². The van der Waals surface area contributed by atoms with Gasteiger partial charge in [0.25, 0.3) is 0 Å². The average Bonchev–Trinajstić information content (AvgIpc) is 3.10. The van der Waals surface area contributed by atoms with Crippen LogP contribution in [-0.4, -0.2) is 33.5 Å². The number of fused-ring (bicyclic) bond motifs is 6. The summed E-state index contributed by atoms with van der Waals surface area (Å²) in [5.41, 5.74) is -0.869. The fourth-order valence-electron chi connectivity index (χ4n) is 8.47. The van der Waals surface area contributed by atoms with E-state index in [1.54, 1.807) is 0 Å². The van der Waals surface area contributed by atoms with Gasteiger partial charge < -0.3 is 14.9 Å². The molecule has 4 aliphatic carbocycles. The summed E-state index contributed by atoms with van der Waals surface area (Å²) in [5, 5.41) is 21.5. The maximum atomic E-state index is 12.1. The van der Waals surface area contributed by atoms with Crippen molar-refractivity contribution < 1.29 is 19.7 Å². The van der Waals surface area contributed by atoms with Crippen molar-refractivity contribution in [2.45, 2.75) is 102 Å². The van der Waals surface area contributed by atoms with Crippen molar-refractivity contribution in [3.8, 4) is 0 Å². The molecule has 26 heavy (non-hydrogen) atoms. The Morgan fingerprint density at radius 2 is 1.62 bits per heavy atom. The average molecular weight is 363 g/mol. The number of aliphatic hydroxyl groups excluding tert-OH is 1. The largest absolute Gasteiger partial charge is 0.389 e. The fourth-order valence-corrected chi connectivity index (χ4v) is 8.47. The highest BCUT2D eigenvalue weighted by atomic mass is 16.6. The normalized spacial score (nSPS) is 59.2. The van der Waals surface area contributed by atoms with Gasteiger partial charge in [-0.2, -0.15) is 0 Å². The second kappa shape index (κ2) is 5.33. The Morgan fingerprint density at radius 3 is 2.35 bits per heavy atom. The van der Waals surface area contributed by atoms with Gasteiger partial charge in [-0.15, -0.1) is 0 Å². The van der Waals surface area contributed by atoms with Crippen molar-refractivity contribution in [3.05, 3.63) is 0 Å². The number of carbonyl (C=O) groups is 1. The molecule has 5 aliphatic rings. The molecule has 4 nitrogen and oxygen atoms in total. The second-order valence-corrected chi connectivity index (χ2v) is 10.7. The van der Waals surface area contributed by atoms with E-state index in [-0.39, 0.29) is 22.2 Å². The van der Waals surface area contributed by atoms with E-state index >= 15 is 0 Å². The molecule has 1 aliphatic heterocycles. The molecule has 8 atom stereocenters. The van der Waals surface area contributed by atoms with Gasteiger partial charge in [-0.25, -0.2) is 0 Å². The standard InChI is InChI=1S/C22H34O4/c1-19-8-3-14(23)13-21(19,25)10-4-15-16(19)5-9-20(2)17(15)6-11-22(20)12-7-18(24)26-22/h15-18,24-25H,3-13H2,1-2H3/t15-,16+,17+,18+,19-,20+,21+,22-/m1/s1. The molecule has 1 heterocycles. The predicted octanol–water partition coefficient (Wildman–Crippen LogP) is 3.58. The van der Waals surface area contributed by atoms with Gasteiger partial charge >= 0.3 is 0 Å². The quantitative estimate of drug-likeness (QED) is 0.691.